The van der Waals surface area contributed by atoms with Crippen LogP contribution in [0, 0.1) is 0 Å². The van der Waals surface area contributed by atoms with Gasteiger partial charge < -0.3 is 19.8 Å². The zero-order chi connectivity index (χ0) is 16.4. The van der Waals surface area contributed by atoms with Gasteiger partial charge in [-0.15, -0.1) is 0 Å². The van der Waals surface area contributed by atoms with Crippen molar-refractivity contribution in [3.8, 4) is 0 Å². The molecule has 0 aromatic carbocycles. The molecule has 0 spiro atoms. The fourth-order valence-electron chi connectivity index (χ4n) is 1.57. The Morgan fingerprint density at radius 2 is 1.76 bits per heavy atom. The molecule has 1 heterocycles. The second-order valence-electron chi connectivity index (χ2n) is 5.95. The third kappa shape index (κ3) is 3.74. The topological polar surface area (TPSA) is 83.1 Å². The van der Waals surface area contributed by atoms with Crippen molar-refractivity contribution in [2.45, 2.75) is 45.8 Å². The summed E-state index contributed by atoms with van der Waals surface area (Å²) in [5, 5.41) is 0. The summed E-state index contributed by atoms with van der Waals surface area (Å²) in [6.45, 7) is 13.2. The van der Waals surface area contributed by atoms with Crippen LogP contribution in [0.15, 0.2) is 28.8 Å². The number of allylic oxidation sites excluding steroid dienone is 1. The third-order valence-electron chi connectivity index (χ3n) is 3.77. The molecule has 0 aromatic heterocycles. The van der Waals surface area contributed by atoms with E-state index in [-0.39, 0.29) is 11.4 Å². The molecule has 116 valence electrons. The number of nitrogens with two attached hydrogens (primary N) is 1. The van der Waals surface area contributed by atoms with Gasteiger partial charge in [0.25, 0.3) is 0 Å². The minimum atomic E-state index is -0.613. The van der Waals surface area contributed by atoms with E-state index in [2.05, 4.69) is 16.3 Å². The standard InChI is InChI=1S/C14H23BN2O4/c1-9(8-17-11(16)10(2)12(18)19-7)15-20-13(3,4)14(5,6)21-15/h8H,2H2,1,3-7H3,(H2,16,17). The summed E-state index contributed by atoms with van der Waals surface area (Å²) >= 11 is 0. The fourth-order valence-corrected chi connectivity index (χ4v) is 1.57. The van der Waals surface area contributed by atoms with E-state index in [1.165, 1.54) is 13.3 Å². The van der Waals surface area contributed by atoms with Crippen LogP contribution >= 0.6 is 0 Å². The molecule has 1 aliphatic heterocycles. The fraction of sp³-hybridized carbons (Fsp3) is 0.571. The Bertz CT molecular complexity index is 493. The number of ether oxygens (including phenoxy) is 1. The number of esters is 1. The maximum Gasteiger partial charge on any atom is 0.491 e. The molecule has 0 aliphatic carbocycles. The number of rotatable bonds is 4. The smallest absolute Gasteiger partial charge is 0.465 e. The van der Waals surface area contributed by atoms with Crippen LogP contribution in [0.5, 0.6) is 0 Å². The highest BCUT2D eigenvalue weighted by atomic mass is 16.7. The molecule has 0 amide bonds. The maximum atomic E-state index is 11.3. The molecule has 6 nitrogen and oxygen atoms in total. The summed E-state index contributed by atoms with van der Waals surface area (Å²) < 4.78 is 16.3. The minimum absolute atomic E-state index is 0.00211. The van der Waals surface area contributed by atoms with Crippen molar-refractivity contribution < 1.29 is 18.8 Å². The zero-order valence-corrected chi connectivity index (χ0v) is 13.5. The van der Waals surface area contributed by atoms with Crippen LogP contribution < -0.4 is 5.73 Å². The molecule has 2 N–H and O–H groups in total. The molecule has 21 heavy (non-hydrogen) atoms. The molecule has 1 saturated heterocycles. The third-order valence-corrected chi connectivity index (χ3v) is 3.77. The summed E-state index contributed by atoms with van der Waals surface area (Å²) in [6.07, 6.45) is 1.51. The van der Waals surface area contributed by atoms with Crippen LogP contribution in [0.4, 0.5) is 0 Å². The van der Waals surface area contributed by atoms with Gasteiger partial charge in [0.15, 0.2) is 0 Å². The number of carbonyl (C=O) groups is 1. The van der Waals surface area contributed by atoms with E-state index >= 15 is 0 Å². The Hall–Kier alpha value is -1.60. The van der Waals surface area contributed by atoms with Gasteiger partial charge in [0.1, 0.15) is 5.84 Å². The van der Waals surface area contributed by atoms with Gasteiger partial charge in [-0.1, -0.05) is 6.58 Å². The SMILES string of the molecule is C=C(C(=O)OC)C(N)=NC=C(C)B1OC(C)(C)C(C)(C)O1. The van der Waals surface area contributed by atoms with Crippen molar-refractivity contribution in [3.63, 3.8) is 0 Å². The van der Waals surface area contributed by atoms with Gasteiger partial charge in [-0.25, -0.2) is 9.79 Å². The van der Waals surface area contributed by atoms with E-state index < -0.39 is 24.3 Å². The van der Waals surface area contributed by atoms with Crippen LogP contribution in [-0.2, 0) is 18.8 Å². The Balaban J connectivity index is 2.84. The lowest BCUT2D eigenvalue weighted by molar-refractivity contribution is -0.135. The van der Waals surface area contributed by atoms with Crippen molar-refractivity contribution in [2.24, 2.45) is 10.7 Å². The number of amidine groups is 1. The number of carbonyl (C=O) groups excluding carboxylic acids is 1. The molecule has 1 aliphatic rings. The lowest BCUT2D eigenvalue weighted by Crippen LogP contribution is -2.41. The Morgan fingerprint density at radius 3 is 2.19 bits per heavy atom. The van der Waals surface area contributed by atoms with Gasteiger partial charge in [-0.2, -0.15) is 0 Å². The van der Waals surface area contributed by atoms with E-state index in [4.69, 9.17) is 15.0 Å². The quantitative estimate of drug-likeness (QED) is 0.280. The lowest BCUT2D eigenvalue weighted by Gasteiger charge is -2.32. The van der Waals surface area contributed by atoms with Crippen LogP contribution in [-0.4, -0.2) is 37.2 Å². The predicted octanol–water partition coefficient (Wildman–Crippen LogP) is 1.61. The van der Waals surface area contributed by atoms with Gasteiger partial charge in [0.05, 0.1) is 23.9 Å². The summed E-state index contributed by atoms with van der Waals surface area (Å²) in [6, 6.07) is 0. The van der Waals surface area contributed by atoms with Crippen LogP contribution in [0.3, 0.4) is 0 Å². The molecule has 1 fully saturated rings. The Kier molecular flexibility index (Phi) is 5.01. The van der Waals surface area contributed by atoms with E-state index in [1.807, 2.05) is 34.6 Å². The Labute approximate surface area is 126 Å². The van der Waals surface area contributed by atoms with Crippen molar-refractivity contribution in [2.75, 3.05) is 7.11 Å². The highest BCUT2D eigenvalue weighted by molar-refractivity contribution is 6.54. The van der Waals surface area contributed by atoms with Crippen molar-refractivity contribution in [1.82, 2.24) is 0 Å². The first-order valence-corrected chi connectivity index (χ1v) is 6.65. The van der Waals surface area contributed by atoms with Gasteiger partial charge in [0.2, 0.25) is 0 Å². The second kappa shape index (κ2) is 6.03. The molecule has 1 rings (SSSR count). The van der Waals surface area contributed by atoms with Gasteiger partial charge in [-0.3, -0.25) is 0 Å². The molecular weight excluding hydrogens is 271 g/mol. The van der Waals surface area contributed by atoms with Crippen molar-refractivity contribution in [3.05, 3.63) is 23.8 Å². The summed E-state index contributed by atoms with van der Waals surface area (Å²) in [5.74, 6) is -0.615. The van der Waals surface area contributed by atoms with Crippen LogP contribution in [0.2, 0.25) is 0 Å². The number of nitrogens with zero attached hydrogens (tertiary/aromatic N) is 1. The van der Waals surface area contributed by atoms with Crippen LogP contribution in [0.25, 0.3) is 0 Å². The highest BCUT2D eigenvalue weighted by Crippen LogP contribution is 2.38. The molecule has 0 saturated carbocycles. The first kappa shape index (κ1) is 17.5. The molecule has 0 unspecified atom stereocenters. The van der Waals surface area contributed by atoms with E-state index in [0.29, 0.717) is 0 Å². The molecule has 0 radical (unpaired) electrons. The Morgan fingerprint density at radius 1 is 1.29 bits per heavy atom. The monoisotopic (exact) mass is 294 g/mol. The zero-order valence-electron chi connectivity index (χ0n) is 13.5. The molecule has 0 atom stereocenters. The van der Waals surface area contributed by atoms with Gasteiger partial charge in [-0.05, 0) is 40.1 Å². The maximum absolute atomic E-state index is 11.3. The van der Waals surface area contributed by atoms with Gasteiger partial charge >= 0.3 is 13.1 Å². The normalized spacial score (nSPS) is 21.3. The summed E-state index contributed by atoms with van der Waals surface area (Å²) in [5.41, 5.74) is 5.59. The molecule has 0 aromatic rings. The second-order valence-corrected chi connectivity index (χ2v) is 5.95. The van der Waals surface area contributed by atoms with Gasteiger partial charge in [0, 0.05) is 6.20 Å². The van der Waals surface area contributed by atoms with E-state index in [9.17, 15) is 4.79 Å². The number of hydrogen-bond donors (Lipinski definition) is 1. The first-order valence-electron chi connectivity index (χ1n) is 6.65. The molecule has 0 bridgehead atoms. The minimum Gasteiger partial charge on any atom is -0.465 e. The molecular formula is C14H23BN2O4. The van der Waals surface area contributed by atoms with Crippen molar-refractivity contribution >= 4 is 18.9 Å². The summed E-state index contributed by atoms with van der Waals surface area (Å²) in [4.78, 5) is 15.3. The largest absolute Gasteiger partial charge is 0.491 e. The predicted molar refractivity (Wildman–Crippen MR) is 82.6 cm³/mol. The van der Waals surface area contributed by atoms with E-state index in [0.717, 1.165) is 5.47 Å². The number of aliphatic imine (C=N–C) groups is 1. The average molecular weight is 294 g/mol. The van der Waals surface area contributed by atoms with E-state index in [1.54, 1.807) is 0 Å². The lowest BCUT2D eigenvalue weighted by atomic mass is 9.80. The summed E-state index contributed by atoms with van der Waals surface area (Å²) in [7, 11) is 0.754. The molecule has 7 heteroatoms. The number of hydrogen-bond acceptors (Lipinski definition) is 5. The highest BCUT2D eigenvalue weighted by Gasteiger charge is 2.51. The van der Waals surface area contributed by atoms with Crippen LogP contribution in [0.1, 0.15) is 34.6 Å². The van der Waals surface area contributed by atoms with Crippen molar-refractivity contribution in [1.29, 1.82) is 0 Å². The average Bonchev–Trinajstić information content (AvgIpc) is 2.62. The first-order chi connectivity index (χ1) is 9.51. The number of methoxy groups -OCH3 is 1.